The Kier molecular flexibility index (Phi) is 5.83. The molecule has 6 heteroatoms. The quantitative estimate of drug-likeness (QED) is 0.865. The third-order valence-electron chi connectivity index (χ3n) is 4.76. The van der Waals surface area contributed by atoms with Gasteiger partial charge in [0, 0.05) is 52.5 Å². The third-order valence-corrected chi connectivity index (χ3v) is 4.76. The number of piperazine rings is 1. The third kappa shape index (κ3) is 4.90. The molecule has 134 valence electrons. The monoisotopic (exact) mass is 341 g/mol. The number of benzene rings is 1. The van der Waals surface area contributed by atoms with Crippen molar-refractivity contribution in [2.45, 2.75) is 20.0 Å². The second-order valence-corrected chi connectivity index (χ2v) is 6.61. The van der Waals surface area contributed by atoms with E-state index in [4.69, 9.17) is 0 Å². The van der Waals surface area contributed by atoms with Crippen LogP contribution in [0.4, 0.5) is 0 Å². The largest absolute Gasteiger partial charge is 0.348 e. The molecule has 1 fully saturated rings. The summed E-state index contributed by atoms with van der Waals surface area (Å²) in [7, 11) is 1.80. The maximum absolute atomic E-state index is 12.0. The molecular weight excluding hydrogens is 314 g/mol. The fourth-order valence-corrected chi connectivity index (χ4v) is 3.11. The van der Waals surface area contributed by atoms with Gasteiger partial charge < -0.3 is 10.2 Å². The fraction of sp³-hybridized carbons (Fsp3) is 0.474. The average Bonchev–Trinajstić information content (AvgIpc) is 3.08. The van der Waals surface area contributed by atoms with Crippen LogP contribution in [0.3, 0.4) is 0 Å². The van der Waals surface area contributed by atoms with Gasteiger partial charge in [-0.1, -0.05) is 31.2 Å². The van der Waals surface area contributed by atoms with Crippen molar-refractivity contribution in [2.75, 3.05) is 32.7 Å². The minimum Gasteiger partial charge on any atom is -0.348 e. The molecule has 1 aliphatic heterocycles. The second kappa shape index (κ2) is 8.27. The Hall–Kier alpha value is -2.18. The van der Waals surface area contributed by atoms with E-state index in [2.05, 4.69) is 51.4 Å². The zero-order valence-electron chi connectivity index (χ0n) is 15.1. The number of carbonyl (C=O) groups is 1. The molecular formula is C19H27N5O. The van der Waals surface area contributed by atoms with E-state index in [1.165, 1.54) is 5.56 Å². The first-order valence-corrected chi connectivity index (χ1v) is 8.93. The Morgan fingerprint density at radius 1 is 1.08 bits per heavy atom. The van der Waals surface area contributed by atoms with Gasteiger partial charge >= 0.3 is 0 Å². The molecule has 25 heavy (non-hydrogen) atoms. The van der Waals surface area contributed by atoms with Gasteiger partial charge in [0.2, 0.25) is 0 Å². The Balaban J connectivity index is 1.46. The standard InChI is InChI=1S/C19H27N5O/c1-3-23-8-10-24(11-9-23)14-17-6-4-16(5-7-17)12-20-19(25)18-13-21-22(2)15-18/h4-7,13,15H,3,8-12,14H2,1-2H3,(H,20,25). The summed E-state index contributed by atoms with van der Waals surface area (Å²) in [6, 6.07) is 8.53. The maximum atomic E-state index is 12.0. The van der Waals surface area contributed by atoms with Crippen LogP contribution in [-0.2, 0) is 20.1 Å². The summed E-state index contributed by atoms with van der Waals surface area (Å²) in [5, 5.41) is 6.95. The number of amides is 1. The first-order valence-electron chi connectivity index (χ1n) is 8.93. The summed E-state index contributed by atoms with van der Waals surface area (Å²) in [4.78, 5) is 17.0. The molecule has 1 saturated heterocycles. The van der Waals surface area contributed by atoms with E-state index in [9.17, 15) is 4.79 Å². The van der Waals surface area contributed by atoms with Crippen LogP contribution >= 0.6 is 0 Å². The molecule has 0 spiro atoms. The van der Waals surface area contributed by atoms with Crippen LogP contribution in [0.2, 0.25) is 0 Å². The first-order chi connectivity index (χ1) is 12.1. The minimum absolute atomic E-state index is 0.0917. The van der Waals surface area contributed by atoms with E-state index in [0.29, 0.717) is 12.1 Å². The zero-order chi connectivity index (χ0) is 17.6. The van der Waals surface area contributed by atoms with Gasteiger partial charge in [-0.05, 0) is 17.7 Å². The van der Waals surface area contributed by atoms with Crippen LogP contribution in [0.15, 0.2) is 36.7 Å². The number of rotatable bonds is 6. The van der Waals surface area contributed by atoms with Crippen LogP contribution in [0.5, 0.6) is 0 Å². The predicted octanol–water partition coefficient (Wildman–Crippen LogP) is 1.49. The second-order valence-electron chi connectivity index (χ2n) is 6.61. The molecule has 0 bridgehead atoms. The van der Waals surface area contributed by atoms with Gasteiger partial charge in [0.15, 0.2) is 0 Å². The van der Waals surface area contributed by atoms with Crippen LogP contribution in [-0.4, -0.2) is 58.2 Å². The maximum Gasteiger partial charge on any atom is 0.254 e. The summed E-state index contributed by atoms with van der Waals surface area (Å²) < 4.78 is 1.63. The van der Waals surface area contributed by atoms with Gasteiger partial charge in [-0.3, -0.25) is 14.4 Å². The van der Waals surface area contributed by atoms with Gasteiger partial charge in [0.1, 0.15) is 0 Å². The summed E-state index contributed by atoms with van der Waals surface area (Å²) in [5.41, 5.74) is 3.02. The Bertz CT molecular complexity index is 686. The number of hydrogen-bond acceptors (Lipinski definition) is 4. The van der Waals surface area contributed by atoms with Crippen molar-refractivity contribution < 1.29 is 4.79 Å². The predicted molar refractivity (Wildman–Crippen MR) is 98.2 cm³/mol. The van der Waals surface area contributed by atoms with Crippen LogP contribution in [0.1, 0.15) is 28.4 Å². The molecule has 0 atom stereocenters. The van der Waals surface area contributed by atoms with E-state index in [1.54, 1.807) is 24.1 Å². The van der Waals surface area contributed by atoms with Gasteiger partial charge in [0.25, 0.3) is 5.91 Å². The lowest BCUT2D eigenvalue weighted by atomic mass is 10.1. The summed E-state index contributed by atoms with van der Waals surface area (Å²) >= 11 is 0. The van der Waals surface area contributed by atoms with E-state index < -0.39 is 0 Å². The molecule has 1 aromatic heterocycles. The molecule has 6 nitrogen and oxygen atoms in total. The number of aromatic nitrogens is 2. The molecule has 0 saturated carbocycles. The fourth-order valence-electron chi connectivity index (χ4n) is 3.11. The Labute approximate surface area is 149 Å². The van der Waals surface area contributed by atoms with Crippen molar-refractivity contribution in [3.63, 3.8) is 0 Å². The van der Waals surface area contributed by atoms with Crippen molar-refractivity contribution in [1.82, 2.24) is 24.9 Å². The normalized spacial score (nSPS) is 16.1. The molecule has 0 aliphatic carbocycles. The molecule has 0 radical (unpaired) electrons. The molecule has 0 unspecified atom stereocenters. The van der Waals surface area contributed by atoms with Crippen LogP contribution in [0.25, 0.3) is 0 Å². The number of carbonyl (C=O) groups excluding carboxylic acids is 1. The lowest BCUT2D eigenvalue weighted by molar-refractivity contribution is 0.0951. The average molecular weight is 341 g/mol. The lowest BCUT2D eigenvalue weighted by Gasteiger charge is -2.34. The molecule has 1 amide bonds. The van der Waals surface area contributed by atoms with Crippen molar-refractivity contribution in [3.05, 3.63) is 53.3 Å². The van der Waals surface area contributed by atoms with Crippen molar-refractivity contribution in [1.29, 1.82) is 0 Å². The van der Waals surface area contributed by atoms with Gasteiger partial charge in [-0.15, -0.1) is 0 Å². The van der Waals surface area contributed by atoms with Crippen molar-refractivity contribution >= 4 is 5.91 Å². The minimum atomic E-state index is -0.0917. The topological polar surface area (TPSA) is 53.4 Å². The number of likely N-dealkylation sites (N-methyl/N-ethyl adjacent to an activating group) is 1. The molecule has 2 heterocycles. The number of hydrogen-bond donors (Lipinski definition) is 1. The van der Waals surface area contributed by atoms with Crippen molar-refractivity contribution in [3.8, 4) is 0 Å². The highest BCUT2D eigenvalue weighted by molar-refractivity contribution is 5.93. The summed E-state index contributed by atoms with van der Waals surface area (Å²) in [6.45, 7) is 9.50. The molecule has 3 rings (SSSR count). The highest BCUT2D eigenvalue weighted by atomic mass is 16.1. The van der Waals surface area contributed by atoms with Crippen molar-refractivity contribution in [2.24, 2.45) is 7.05 Å². The molecule has 2 aromatic rings. The Morgan fingerprint density at radius 2 is 1.72 bits per heavy atom. The van der Waals surface area contributed by atoms with Crippen LogP contribution < -0.4 is 5.32 Å². The molecule has 1 N–H and O–H groups in total. The van der Waals surface area contributed by atoms with Gasteiger partial charge in [-0.25, -0.2) is 0 Å². The Morgan fingerprint density at radius 3 is 2.32 bits per heavy atom. The van der Waals surface area contributed by atoms with E-state index >= 15 is 0 Å². The SMILES string of the molecule is CCN1CCN(Cc2ccc(CNC(=O)c3cnn(C)c3)cc2)CC1. The van der Waals surface area contributed by atoms with E-state index in [-0.39, 0.29) is 5.91 Å². The highest BCUT2D eigenvalue weighted by Crippen LogP contribution is 2.10. The molecule has 1 aromatic carbocycles. The van der Waals surface area contributed by atoms with Crippen LogP contribution in [0, 0.1) is 0 Å². The summed E-state index contributed by atoms with van der Waals surface area (Å²) in [5.74, 6) is -0.0917. The van der Waals surface area contributed by atoms with Gasteiger partial charge in [-0.2, -0.15) is 5.10 Å². The zero-order valence-corrected chi connectivity index (χ0v) is 15.1. The number of nitrogens with zero attached hydrogens (tertiary/aromatic N) is 4. The van der Waals surface area contributed by atoms with Gasteiger partial charge in [0.05, 0.1) is 11.8 Å². The molecule has 1 aliphatic rings. The first kappa shape index (κ1) is 17.6. The van der Waals surface area contributed by atoms with E-state index in [1.807, 2.05) is 0 Å². The highest BCUT2D eigenvalue weighted by Gasteiger charge is 2.15. The van der Waals surface area contributed by atoms with E-state index in [0.717, 1.165) is 44.8 Å². The lowest BCUT2D eigenvalue weighted by Crippen LogP contribution is -2.45. The summed E-state index contributed by atoms with van der Waals surface area (Å²) in [6.07, 6.45) is 3.30. The number of aryl methyl sites for hydroxylation is 1. The smallest absolute Gasteiger partial charge is 0.254 e. The number of nitrogens with one attached hydrogen (secondary N) is 1.